The van der Waals surface area contributed by atoms with E-state index in [4.69, 9.17) is 4.74 Å². The third-order valence-corrected chi connectivity index (χ3v) is 4.53. The molecule has 2 rings (SSSR count). The Morgan fingerprint density at radius 2 is 1.78 bits per heavy atom. The Bertz CT molecular complexity index is 274. The van der Waals surface area contributed by atoms with Crippen molar-refractivity contribution in [3.05, 3.63) is 0 Å². The molecule has 18 heavy (non-hydrogen) atoms. The summed E-state index contributed by atoms with van der Waals surface area (Å²) in [6, 6.07) is 0. The average Bonchev–Trinajstić information content (AvgIpc) is 2.68. The minimum absolute atomic E-state index is 0.122. The molecule has 0 aromatic carbocycles. The Morgan fingerprint density at radius 3 is 2.33 bits per heavy atom. The maximum absolute atomic E-state index is 12.7. The highest BCUT2D eigenvalue weighted by atomic mass is 16.5. The topological polar surface area (TPSA) is 29.5 Å². The van der Waals surface area contributed by atoms with Gasteiger partial charge in [0.15, 0.2) is 5.78 Å². The van der Waals surface area contributed by atoms with E-state index in [0.717, 1.165) is 32.5 Å². The lowest BCUT2D eigenvalue weighted by atomic mass is 9.84. The smallest absolute Gasteiger partial charge is 0.157 e. The number of carbonyl (C=O) groups excluding carboxylic acids is 1. The zero-order valence-electron chi connectivity index (χ0n) is 11.9. The predicted octanol–water partition coefficient (Wildman–Crippen LogP) is 2.64. The largest absolute Gasteiger partial charge is 0.381 e. The van der Waals surface area contributed by atoms with Gasteiger partial charge in [-0.05, 0) is 52.6 Å². The van der Waals surface area contributed by atoms with Gasteiger partial charge in [0.2, 0.25) is 0 Å². The molecule has 2 heterocycles. The van der Waals surface area contributed by atoms with Gasteiger partial charge < -0.3 is 4.74 Å². The van der Waals surface area contributed by atoms with Crippen LogP contribution in [-0.2, 0) is 9.53 Å². The molecule has 2 fully saturated rings. The fourth-order valence-corrected chi connectivity index (χ4v) is 3.23. The molecule has 3 nitrogen and oxygen atoms in total. The molecule has 1 atom stereocenters. The summed E-state index contributed by atoms with van der Waals surface area (Å²) in [5, 5.41) is 0. The highest BCUT2D eigenvalue weighted by molar-refractivity contribution is 5.89. The van der Waals surface area contributed by atoms with Crippen molar-refractivity contribution in [1.29, 1.82) is 0 Å². The highest BCUT2D eigenvalue weighted by Crippen LogP contribution is 2.27. The molecule has 0 spiro atoms. The second-order valence-electron chi connectivity index (χ2n) is 6.24. The van der Waals surface area contributed by atoms with Gasteiger partial charge in [-0.25, -0.2) is 0 Å². The number of ketones is 1. The van der Waals surface area contributed by atoms with Crippen LogP contribution in [0.5, 0.6) is 0 Å². The van der Waals surface area contributed by atoms with Crippen molar-refractivity contribution >= 4 is 5.78 Å². The first-order chi connectivity index (χ1) is 8.62. The molecule has 0 saturated carbocycles. The zero-order chi connectivity index (χ0) is 13.0. The third kappa shape index (κ3) is 3.12. The van der Waals surface area contributed by atoms with Crippen molar-refractivity contribution in [2.24, 2.45) is 5.92 Å². The summed E-state index contributed by atoms with van der Waals surface area (Å²) in [5.74, 6) is 0.515. The second kappa shape index (κ2) is 6.16. The van der Waals surface area contributed by atoms with E-state index in [-0.39, 0.29) is 11.5 Å². The fourth-order valence-electron chi connectivity index (χ4n) is 3.23. The molecular formula is C15H27NO2. The number of nitrogens with zero attached hydrogens (tertiary/aromatic N) is 1. The van der Waals surface area contributed by atoms with Crippen molar-refractivity contribution in [2.45, 2.75) is 57.9 Å². The quantitative estimate of drug-likeness (QED) is 0.774. The van der Waals surface area contributed by atoms with Crippen molar-refractivity contribution < 1.29 is 9.53 Å². The maximum Gasteiger partial charge on any atom is 0.157 e. The summed E-state index contributed by atoms with van der Waals surface area (Å²) in [4.78, 5) is 15.1. The van der Waals surface area contributed by atoms with Crippen LogP contribution in [0.15, 0.2) is 0 Å². The number of ether oxygens (including phenoxy) is 1. The first-order valence-corrected chi connectivity index (χ1v) is 7.49. The first kappa shape index (κ1) is 14.0. The summed E-state index contributed by atoms with van der Waals surface area (Å²) in [7, 11) is 0. The Labute approximate surface area is 111 Å². The van der Waals surface area contributed by atoms with Crippen LogP contribution in [0.25, 0.3) is 0 Å². The molecule has 1 unspecified atom stereocenters. The molecule has 0 aliphatic carbocycles. The summed E-state index contributed by atoms with van der Waals surface area (Å²) in [5.41, 5.74) is -0.310. The highest BCUT2D eigenvalue weighted by Gasteiger charge is 2.39. The van der Waals surface area contributed by atoms with Crippen LogP contribution in [0.4, 0.5) is 0 Å². The molecule has 0 aromatic heterocycles. The van der Waals surface area contributed by atoms with Crippen molar-refractivity contribution in [2.75, 3.05) is 26.3 Å². The molecule has 2 aliphatic heterocycles. The zero-order valence-corrected chi connectivity index (χ0v) is 11.9. The standard InChI is InChI=1S/C15H27NO2/c1-15(2,16-9-5-3-4-6-10-16)14(17)13-8-7-11-18-12-13/h13H,3-12H2,1-2H3. The predicted molar refractivity (Wildman–Crippen MR) is 72.7 cm³/mol. The second-order valence-corrected chi connectivity index (χ2v) is 6.24. The number of hydrogen-bond donors (Lipinski definition) is 0. The van der Waals surface area contributed by atoms with E-state index in [2.05, 4.69) is 18.7 Å². The Kier molecular flexibility index (Phi) is 4.79. The number of hydrogen-bond acceptors (Lipinski definition) is 3. The maximum atomic E-state index is 12.7. The normalized spacial score (nSPS) is 27.8. The molecule has 2 aliphatic rings. The van der Waals surface area contributed by atoms with Crippen LogP contribution >= 0.6 is 0 Å². The van der Waals surface area contributed by atoms with E-state index in [1.807, 2.05) is 0 Å². The van der Waals surface area contributed by atoms with Crippen LogP contribution in [0.1, 0.15) is 52.4 Å². The molecule has 104 valence electrons. The minimum Gasteiger partial charge on any atom is -0.381 e. The minimum atomic E-state index is -0.310. The van der Waals surface area contributed by atoms with Crippen LogP contribution in [0.3, 0.4) is 0 Å². The Morgan fingerprint density at radius 1 is 1.11 bits per heavy atom. The van der Waals surface area contributed by atoms with Gasteiger partial charge >= 0.3 is 0 Å². The van der Waals surface area contributed by atoms with Gasteiger partial charge in [-0.1, -0.05) is 12.8 Å². The lowest BCUT2D eigenvalue weighted by Gasteiger charge is -2.39. The molecule has 0 bridgehead atoms. The first-order valence-electron chi connectivity index (χ1n) is 7.49. The van der Waals surface area contributed by atoms with Gasteiger partial charge in [0.05, 0.1) is 12.1 Å². The van der Waals surface area contributed by atoms with E-state index in [1.54, 1.807) is 0 Å². The van der Waals surface area contributed by atoms with Gasteiger partial charge in [0.1, 0.15) is 0 Å². The van der Waals surface area contributed by atoms with Gasteiger partial charge in [0, 0.05) is 12.5 Å². The Balaban J connectivity index is 2.00. The number of Topliss-reactive ketones (excluding diaryl/α,β-unsaturated/α-hetero) is 1. The summed E-state index contributed by atoms with van der Waals surface area (Å²) >= 11 is 0. The lowest BCUT2D eigenvalue weighted by molar-refractivity contribution is -0.137. The van der Waals surface area contributed by atoms with Crippen LogP contribution < -0.4 is 0 Å². The Hall–Kier alpha value is -0.410. The van der Waals surface area contributed by atoms with Crippen LogP contribution in [0.2, 0.25) is 0 Å². The number of carbonyl (C=O) groups is 1. The SMILES string of the molecule is CC(C)(C(=O)C1CCCOC1)N1CCCCCC1. The van der Waals surface area contributed by atoms with Crippen molar-refractivity contribution in [3.8, 4) is 0 Å². The van der Waals surface area contributed by atoms with Gasteiger partial charge in [-0.3, -0.25) is 9.69 Å². The molecule has 2 saturated heterocycles. The lowest BCUT2D eigenvalue weighted by Crippen LogP contribution is -2.53. The molecule has 0 aromatic rings. The number of likely N-dealkylation sites (tertiary alicyclic amines) is 1. The summed E-state index contributed by atoms with van der Waals surface area (Å²) in [6.45, 7) is 7.83. The summed E-state index contributed by atoms with van der Waals surface area (Å²) < 4.78 is 5.47. The third-order valence-electron chi connectivity index (χ3n) is 4.53. The number of rotatable bonds is 3. The summed E-state index contributed by atoms with van der Waals surface area (Å²) in [6.07, 6.45) is 7.14. The molecule has 0 radical (unpaired) electrons. The molecular weight excluding hydrogens is 226 g/mol. The monoisotopic (exact) mass is 253 g/mol. The van der Waals surface area contributed by atoms with E-state index >= 15 is 0 Å². The van der Waals surface area contributed by atoms with E-state index in [0.29, 0.717) is 12.4 Å². The van der Waals surface area contributed by atoms with Crippen LogP contribution in [0, 0.1) is 5.92 Å². The van der Waals surface area contributed by atoms with Gasteiger partial charge in [-0.15, -0.1) is 0 Å². The van der Waals surface area contributed by atoms with E-state index < -0.39 is 0 Å². The van der Waals surface area contributed by atoms with Gasteiger partial charge in [0.25, 0.3) is 0 Å². The van der Waals surface area contributed by atoms with E-state index in [1.165, 1.54) is 25.7 Å². The van der Waals surface area contributed by atoms with E-state index in [9.17, 15) is 4.79 Å². The fraction of sp³-hybridized carbons (Fsp3) is 0.933. The van der Waals surface area contributed by atoms with Crippen molar-refractivity contribution in [3.63, 3.8) is 0 Å². The van der Waals surface area contributed by atoms with Crippen LogP contribution in [-0.4, -0.2) is 42.5 Å². The van der Waals surface area contributed by atoms with Crippen molar-refractivity contribution in [1.82, 2.24) is 4.90 Å². The molecule has 0 N–H and O–H groups in total. The molecule has 3 heteroatoms. The average molecular weight is 253 g/mol. The molecule has 0 amide bonds. The van der Waals surface area contributed by atoms with Gasteiger partial charge in [-0.2, -0.15) is 0 Å².